The summed E-state index contributed by atoms with van der Waals surface area (Å²) >= 11 is 0. The molecular formula is C14H19N3O3. The Morgan fingerprint density at radius 1 is 1.35 bits per heavy atom. The molecule has 2 N–H and O–H groups in total. The van der Waals surface area contributed by atoms with Crippen molar-refractivity contribution >= 4 is 5.69 Å². The van der Waals surface area contributed by atoms with Gasteiger partial charge in [0.25, 0.3) is 5.69 Å². The molecule has 0 unspecified atom stereocenters. The predicted octanol–water partition coefficient (Wildman–Crippen LogP) is 1.66. The van der Waals surface area contributed by atoms with Gasteiger partial charge in [-0.1, -0.05) is 0 Å². The third-order valence-electron chi connectivity index (χ3n) is 4.14. The second kappa shape index (κ2) is 5.38. The molecule has 20 heavy (non-hydrogen) atoms. The summed E-state index contributed by atoms with van der Waals surface area (Å²) < 4.78 is 0. The molecule has 1 aromatic rings. The van der Waals surface area contributed by atoms with Crippen molar-refractivity contribution in [3.05, 3.63) is 33.9 Å². The third kappa shape index (κ3) is 2.62. The van der Waals surface area contributed by atoms with E-state index in [1.54, 1.807) is 6.07 Å². The Kier molecular flexibility index (Phi) is 3.58. The van der Waals surface area contributed by atoms with Crippen LogP contribution in [0.2, 0.25) is 0 Å². The van der Waals surface area contributed by atoms with Gasteiger partial charge in [0.1, 0.15) is 5.75 Å². The molecule has 3 rings (SSSR count). The van der Waals surface area contributed by atoms with Gasteiger partial charge in [-0.25, -0.2) is 0 Å². The fraction of sp³-hybridized carbons (Fsp3) is 0.571. The zero-order valence-corrected chi connectivity index (χ0v) is 11.3. The Balaban J connectivity index is 1.98. The van der Waals surface area contributed by atoms with Crippen LogP contribution >= 0.6 is 0 Å². The van der Waals surface area contributed by atoms with Crippen LogP contribution in [-0.2, 0) is 0 Å². The number of rotatable bonds is 4. The maximum absolute atomic E-state index is 11.3. The number of piperazine rings is 1. The van der Waals surface area contributed by atoms with Crippen LogP contribution in [0.3, 0.4) is 0 Å². The van der Waals surface area contributed by atoms with E-state index in [0.29, 0.717) is 11.5 Å². The van der Waals surface area contributed by atoms with Gasteiger partial charge in [0.2, 0.25) is 0 Å². The summed E-state index contributed by atoms with van der Waals surface area (Å²) in [5.74, 6) is 0.583. The number of phenolic OH excluding ortho intramolecular Hbond substituents is 1. The number of nitrogens with one attached hydrogen (secondary N) is 1. The Hall–Kier alpha value is -1.66. The van der Waals surface area contributed by atoms with Crippen molar-refractivity contribution in [1.29, 1.82) is 0 Å². The summed E-state index contributed by atoms with van der Waals surface area (Å²) in [6, 6.07) is 4.44. The van der Waals surface area contributed by atoms with E-state index in [4.69, 9.17) is 0 Å². The maximum Gasteiger partial charge on any atom is 0.274 e. The number of phenols is 1. The third-order valence-corrected chi connectivity index (χ3v) is 4.14. The van der Waals surface area contributed by atoms with Crippen molar-refractivity contribution in [3.63, 3.8) is 0 Å². The van der Waals surface area contributed by atoms with Crippen LogP contribution in [0.15, 0.2) is 18.2 Å². The molecule has 0 bridgehead atoms. The molecule has 1 aliphatic heterocycles. The lowest BCUT2D eigenvalue weighted by atomic mass is 9.97. The van der Waals surface area contributed by atoms with Crippen molar-refractivity contribution in [2.24, 2.45) is 5.92 Å². The van der Waals surface area contributed by atoms with E-state index in [1.165, 1.54) is 12.1 Å². The molecule has 0 aromatic heterocycles. The van der Waals surface area contributed by atoms with Gasteiger partial charge in [0.05, 0.1) is 10.5 Å². The minimum absolute atomic E-state index is 0.0598. The van der Waals surface area contributed by atoms with Crippen LogP contribution in [0.5, 0.6) is 5.75 Å². The number of nitro benzene ring substituents is 1. The summed E-state index contributed by atoms with van der Waals surface area (Å²) in [6.45, 7) is 3.62. The summed E-state index contributed by atoms with van der Waals surface area (Å²) in [7, 11) is 0. The molecule has 6 heteroatoms. The number of aromatic hydroxyl groups is 1. The molecule has 6 nitrogen and oxygen atoms in total. The van der Waals surface area contributed by atoms with Crippen LogP contribution in [0.4, 0.5) is 5.69 Å². The summed E-state index contributed by atoms with van der Waals surface area (Å²) in [5.41, 5.74) is 0.789. The largest absolute Gasteiger partial charge is 0.508 e. The van der Waals surface area contributed by atoms with Crippen LogP contribution < -0.4 is 5.32 Å². The highest BCUT2D eigenvalue weighted by atomic mass is 16.6. The highest BCUT2D eigenvalue weighted by Gasteiger charge is 2.40. The number of nitro groups is 1. The summed E-state index contributed by atoms with van der Waals surface area (Å²) in [6.07, 6.45) is 2.23. The van der Waals surface area contributed by atoms with Crippen molar-refractivity contribution < 1.29 is 10.0 Å². The quantitative estimate of drug-likeness (QED) is 0.646. The molecule has 0 amide bonds. The molecule has 1 saturated heterocycles. The average molecular weight is 277 g/mol. The van der Waals surface area contributed by atoms with E-state index >= 15 is 0 Å². The molecular weight excluding hydrogens is 258 g/mol. The van der Waals surface area contributed by atoms with Gasteiger partial charge < -0.3 is 10.4 Å². The highest BCUT2D eigenvalue weighted by molar-refractivity contribution is 5.47. The van der Waals surface area contributed by atoms with Gasteiger partial charge in [0, 0.05) is 38.3 Å². The molecule has 1 aromatic carbocycles. The SMILES string of the molecule is O=[N+]([O-])c1ccc(O)cc1[C@H](C1CC1)N1CCNCC1. The molecule has 108 valence electrons. The van der Waals surface area contributed by atoms with E-state index in [2.05, 4.69) is 10.2 Å². The first-order valence-corrected chi connectivity index (χ1v) is 7.09. The molecule has 2 fully saturated rings. The van der Waals surface area contributed by atoms with Crippen LogP contribution in [0, 0.1) is 16.0 Å². The van der Waals surface area contributed by atoms with E-state index in [-0.39, 0.29) is 22.4 Å². The first-order valence-electron chi connectivity index (χ1n) is 7.09. The van der Waals surface area contributed by atoms with E-state index in [9.17, 15) is 15.2 Å². The fourth-order valence-corrected chi connectivity index (χ4v) is 3.07. The fourth-order valence-electron chi connectivity index (χ4n) is 3.07. The summed E-state index contributed by atoms with van der Waals surface area (Å²) in [5, 5.41) is 24.3. The molecule has 1 saturated carbocycles. The molecule has 0 radical (unpaired) electrons. The first kappa shape index (κ1) is 13.3. The van der Waals surface area contributed by atoms with Crippen molar-refractivity contribution in [1.82, 2.24) is 10.2 Å². The summed E-state index contributed by atoms with van der Waals surface area (Å²) in [4.78, 5) is 13.2. The number of hydrogen-bond donors (Lipinski definition) is 2. The standard InChI is InChI=1S/C14H19N3O3/c18-11-3-4-13(17(19)20)12(9-11)14(10-1-2-10)16-7-5-15-6-8-16/h3-4,9-10,14-15,18H,1-2,5-8H2/t14-/m0/s1. The van der Waals surface area contributed by atoms with Crippen LogP contribution in [0.1, 0.15) is 24.4 Å². The minimum atomic E-state index is -0.341. The van der Waals surface area contributed by atoms with E-state index in [1.807, 2.05) is 0 Å². The smallest absolute Gasteiger partial charge is 0.274 e. The first-order chi connectivity index (χ1) is 9.66. The topological polar surface area (TPSA) is 78.6 Å². The van der Waals surface area contributed by atoms with Crippen LogP contribution in [-0.4, -0.2) is 41.1 Å². The lowest BCUT2D eigenvalue weighted by Gasteiger charge is -2.35. The van der Waals surface area contributed by atoms with Gasteiger partial charge in [-0.2, -0.15) is 0 Å². The maximum atomic E-state index is 11.3. The zero-order chi connectivity index (χ0) is 14.1. The average Bonchev–Trinajstić information content (AvgIpc) is 3.25. The number of hydrogen-bond acceptors (Lipinski definition) is 5. The Morgan fingerprint density at radius 3 is 2.65 bits per heavy atom. The molecule has 1 atom stereocenters. The minimum Gasteiger partial charge on any atom is -0.508 e. The predicted molar refractivity (Wildman–Crippen MR) is 74.7 cm³/mol. The molecule has 1 heterocycles. The molecule has 0 spiro atoms. The second-order valence-electron chi connectivity index (χ2n) is 5.57. The highest BCUT2D eigenvalue weighted by Crippen LogP contribution is 2.47. The Labute approximate surface area is 117 Å². The van der Waals surface area contributed by atoms with Gasteiger partial charge in [0.15, 0.2) is 0 Å². The Bertz CT molecular complexity index is 510. The zero-order valence-electron chi connectivity index (χ0n) is 11.3. The Morgan fingerprint density at radius 2 is 2.05 bits per heavy atom. The lowest BCUT2D eigenvalue weighted by molar-refractivity contribution is -0.386. The van der Waals surface area contributed by atoms with Gasteiger partial charge in [-0.05, 0) is 30.9 Å². The van der Waals surface area contributed by atoms with E-state index in [0.717, 1.165) is 39.0 Å². The van der Waals surface area contributed by atoms with Crippen molar-refractivity contribution in [2.75, 3.05) is 26.2 Å². The van der Waals surface area contributed by atoms with E-state index < -0.39 is 0 Å². The number of benzene rings is 1. The van der Waals surface area contributed by atoms with Gasteiger partial charge in [-0.3, -0.25) is 15.0 Å². The lowest BCUT2D eigenvalue weighted by Crippen LogP contribution is -2.45. The monoisotopic (exact) mass is 277 g/mol. The molecule has 1 aliphatic carbocycles. The number of nitrogens with zero attached hydrogens (tertiary/aromatic N) is 2. The second-order valence-corrected chi connectivity index (χ2v) is 5.57. The normalized spacial score (nSPS) is 21.6. The van der Waals surface area contributed by atoms with Crippen molar-refractivity contribution in [2.45, 2.75) is 18.9 Å². The van der Waals surface area contributed by atoms with Gasteiger partial charge in [-0.15, -0.1) is 0 Å². The van der Waals surface area contributed by atoms with Gasteiger partial charge >= 0.3 is 0 Å². The molecule has 2 aliphatic rings. The van der Waals surface area contributed by atoms with Crippen LogP contribution in [0.25, 0.3) is 0 Å². The van der Waals surface area contributed by atoms with Crippen molar-refractivity contribution in [3.8, 4) is 5.75 Å².